The molecule has 0 aromatic rings. The molecule has 1 aliphatic heterocycles. The highest BCUT2D eigenvalue weighted by Gasteiger charge is 2.18. The van der Waals surface area contributed by atoms with Crippen LogP contribution in [0.3, 0.4) is 0 Å². The molecular formula is C14H30N4O. The van der Waals surface area contributed by atoms with Gasteiger partial charge in [-0.3, -0.25) is 4.99 Å². The number of ether oxygens (including phenoxy) is 1. The van der Waals surface area contributed by atoms with E-state index >= 15 is 0 Å². The first-order valence-corrected chi connectivity index (χ1v) is 7.38. The van der Waals surface area contributed by atoms with Crippen LogP contribution >= 0.6 is 0 Å². The van der Waals surface area contributed by atoms with Gasteiger partial charge < -0.3 is 20.3 Å². The van der Waals surface area contributed by atoms with Gasteiger partial charge in [0.1, 0.15) is 0 Å². The molecule has 0 amide bonds. The van der Waals surface area contributed by atoms with E-state index in [9.17, 15) is 0 Å². The molecule has 0 saturated carbocycles. The number of rotatable bonds is 6. The standard InChI is InChI=1S/C14H30N4O/c1-5-18-8-6-7-13(10-18)9-16-14(15-3)17-12(2)11-19-4/h12-13H,5-11H2,1-4H3,(H2,15,16,17). The minimum atomic E-state index is 0.273. The fourth-order valence-electron chi connectivity index (χ4n) is 2.57. The molecule has 0 aromatic heterocycles. The first-order chi connectivity index (χ1) is 9.19. The van der Waals surface area contributed by atoms with Gasteiger partial charge in [0.25, 0.3) is 0 Å². The number of methoxy groups -OCH3 is 1. The second-order valence-corrected chi connectivity index (χ2v) is 5.36. The summed E-state index contributed by atoms with van der Waals surface area (Å²) in [6, 6.07) is 0.273. The van der Waals surface area contributed by atoms with E-state index in [1.807, 2.05) is 7.05 Å². The van der Waals surface area contributed by atoms with Gasteiger partial charge in [0.05, 0.1) is 6.61 Å². The summed E-state index contributed by atoms with van der Waals surface area (Å²) in [6.07, 6.45) is 2.63. The van der Waals surface area contributed by atoms with Crippen molar-refractivity contribution in [1.82, 2.24) is 15.5 Å². The summed E-state index contributed by atoms with van der Waals surface area (Å²) < 4.78 is 5.12. The topological polar surface area (TPSA) is 48.9 Å². The van der Waals surface area contributed by atoms with Crippen LogP contribution in [-0.2, 0) is 4.74 Å². The lowest BCUT2D eigenvalue weighted by atomic mass is 9.98. The molecule has 5 heteroatoms. The van der Waals surface area contributed by atoms with Crippen LogP contribution in [0.5, 0.6) is 0 Å². The minimum absolute atomic E-state index is 0.273. The molecule has 0 aromatic carbocycles. The van der Waals surface area contributed by atoms with Gasteiger partial charge in [-0.05, 0) is 38.8 Å². The number of guanidine groups is 1. The average molecular weight is 270 g/mol. The van der Waals surface area contributed by atoms with Gasteiger partial charge in [0.2, 0.25) is 0 Å². The van der Waals surface area contributed by atoms with Gasteiger partial charge in [0, 0.05) is 33.3 Å². The van der Waals surface area contributed by atoms with Crippen molar-refractivity contribution in [3.8, 4) is 0 Å². The lowest BCUT2D eigenvalue weighted by Gasteiger charge is -2.32. The third-order valence-electron chi connectivity index (χ3n) is 3.63. The van der Waals surface area contributed by atoms with Gasteiger partial charge >= 0.3 is 0 Å². The smallest absolute Gasteiger partial charge is 0.191 e. The number of nitrogens with zero attached hydrogens (tertiary/aromatic N) is 2. The van der Waals surface area contributed by atoms with Gasteiger partial charge in [-0.15, -0.1) is 0 Å². The Hall–Kier alpha value is -0.810. The molecule has 1 saturated heterocycles. The molecule has 2 N–H and O–H groups in total. The summed E-state index contributed by atoms with van der Waals surface area (Å²) in [4.78, 5) is 6.79. The lowest BCUT2D eigenvalue weighted by molar-refractivity contribution is 0.177. The maximum absolute atomic E-state index is 5.12. The van der Waals surface area contributed by atoms with E-state index in [-0.39, 0.29) is 6.04 Å². The number of hydrogen-bond acceptors (Lipinski definition) is 3. The quantitative estimate of drug-likeness (QED) is 0.556. The fraction of sp³-hybridized carbons (Fsp3) is 0.929. The summed E-state index contributed by atoms with van der Waals surface area (Å²) in [7, 11) is 3.53. The Morgan fingerprint density at radius 1 is 1.53 bits per heavy atom. The van der Waals surface area contributed by atoms with Crippen LogP contribution in [0.1, 0.15) is 26.7 Å². The Morgan fingerprint density at radius 3 is 2.95 bits per heavy atom. The van der Waals surface area contributed by atoms with E-state index in [4.69, 9.17) is 4.74 Å². The van der Waals surface area contributed by atoms with Crippen molar-refractivity contribution in [3.05, 3.63) is 0 Å². The first-order valence-electron chi connectivity index (χ1n) is 7.38. The molecule has 1 heterocycles. The molecule has 1 aliphatic rings. The van der Waals surface area contributed by atoms with Crippen molar-refractivity contribution in [3.63, 3.8) is 0 Å². The highest BCUT2D eigenvalue weighted by Crippen LogP contribution is 2.14. The Bertz CT molecular complexity index is 270. The van der Waals surface area contributed by atoms with E-state index in [1.165, 1.54) is 25.9 Å². The van der Waals surface area contributed by atoms with E-state index < -0.39 is 0 Å². The maximum atomic E-state index is 5.12. The molecule has 5 nitrogen and oxygen atoms in total. The van der Waals surface area contributed by atoms with Crippen LogP contribution in [0.4, 0.5) is 0 Å². The summed E-state index contributed by atoms with van der Waals surface area (Å²) in [5, 5.41) is 6.76. The van der Waals surface area contributed by atoms with Crippen molar-refractivity contribution in [2.75, 3.05) is 46.9 Å². The Kier molecular flexibility index (Phi) is 7.82. The van der Waals surface area contributed by atoms with Crippen molar-refractivity contribution in [2.24, 2.45) is 10.9 Å². The number of hydrogen-bond donors (Lipinski definition) is 2. The summed E-state index contributed by atoms with van der Waals surface area (Å²) in [6.45, 7) is 9.63. The third-order valence-corrected chi connectivity index (χ3v) is 3.63. The molecule has 1 rings (SSSR count). The predicted octanol–water partition coefficient (Wildman–Crippen LogP) is 0.918. The van der Waals surface area contributed by atoms with Gasteiger partial charge in [-0.2, -0.15) is 0 Å². The third kappa shape index (κ3) is 6.25. The SMILES string of the molecule is CCN1CCCC(CNC(=NC)NC(C)COC)C1. The number of piperidine rings is 1. The fourth-order valence-corrected chi connectivity index (χ4v) is 2.57. The Labute approximate surface area is 117 Å². The highest BCUT2D eigenvalue weighted by atomic mass is 16.5. The van der Waals surface area contributed by atoms with Crippen LogP contribution in [0.2, 0.25) is 0 Å². The van der Waals surface area contributed by atoms with Crippen LogP contribution in [0, 0.1) is 5.92 Å². The molecule has 112 valence electrons. The van der Waals surface area contributed by atoms with Crippen LogP contribution in [0.15, 0.2) is 4.99 Å². The monoisotopic (exact) mass is 270 g/mol. The van der Waals surface area contributed by atoms with Gasteiger partial charge in [-0.25, -0.2) is 0 Å². The zero-order valence-corrected chi connectivity index (χ0v) is 12.9. The van der Waals surface area contributed by atoms with E-state index in [0.29, 0.717) is 6.61 Å². The van der Waals surface area contributed by atoms with Crippen molar-refractivity contribution >= 4 is 5.96 Å². The predicted molar refractivity (Wildman–Crippen MR) is 80.7 cm³/mol. The Balaban J connectivity index is 2.29. The minimum Gasteiger partial charge on any atom is -0.383 e. The highest BCUT2D eigenvalue weighted by molar-refractivity contribution is 5.79. The molecule has 0 aliphatic carbocycles. The zero-order chi connectivity index (χ0) is 14.1. The van der Waals surface area contributed by atoms with E-state index in [1.54, 1.807) is 7.11 Å². The number of likely N-dealkylation sites (tertiary alicyclic amines) is 1. The van der Waals surface area contributed by atoms with Crippen molar-refractivity contribution < 1.29 is 4.74 Å². The lowest BCUT2D eigenvalue weighted by Crippen LogP contribution is -2.47. The second-order valence-electron chi connectivity index (χ2n) is 5.36. The van der Waals surface area contributed by atoms with Crippen molar-refractivity contribution in [1.29, 1.82) is 0 Å². The molecule has 2 unspecified atom stereocenters. The van der Waals surface area contributed by atoms with E-state index in [2.05, 4.69) is 34.4 Å². The first kappa shape index (κ1) is 16.2. The summed E-state index contributed by atoms with van der Waals surface area (Å²) >= 11 is 0. The molecule has 0 radical (unpaired) electrons. The number of aliphatic imine (C=N–C) groups is 1. The Morgan fingerprint density at radius 2 is 2.32 bits per heavy atom. The van der Waals surface area contributed by atoms with Crippen LogP contribution < -0.4 is 10.6 Å². The van der Waals surface area contributed by atoms with Gasteiger partial charge in [0.15, 0.2) is 5.96 Å². The molecule has 2 atom stereocenters. The molecule has 19 heavy (non-hydrogen) atoms. The number of nitrogens with one attached hydrogen (secondary N) is 2. The van der Waals surface area contributed by atoms with Crippen LogP contribution in [-0.4, -0.2) is 63.8 Å². The zero-order valence-electron chi connectivity index (χ0n) is 12.9. The molecular weight excluding hydrogens is 240 g/mol. The molecule has 1 fully saturated rings. The largest absolute Gasteiger partial charge is 0.383 e. The van der Waals surface area contributed by atoms with E-state index in [0.717, 1.165) is 25.0 Å². The normalized spacial score (nSPS) is 23.2. The second kappa shape index (κ2) is 9.15. The molecule has 0 bridgehead atoms. The summed E-state index contributed by atoms with van der Waals surface area (Å²) in [5.41, 5.74) is 0. The average Bonchev–Trinajstić information content (AvgIpc) is 2.44. The summed E-state index contributed by atoms with van der Waals surface area (Å²) in [5.74, 6) is 1.60. The molecule has 0 spiro atoms. The van der Waals surface area contributed by atoms with Crippen molar-refractivity contribution in [2.45, 2.75) is 32.7 Å². The van der Waals surface area contributed by atoms with Crippen LogP contribution in [0.25, 0.3) is 0 Å². The maximum Gasteiger partial charge on any atom is 0.191 e. The van der Waals surface area contributed by atoms with Gasteiger partial charge in [-0.1, -0.05) is 6.92 Å².